The highest BCUT2D eigenvalue weighted by Gasteiger charge is 2.12. The van der Waals surface area contributed by atoms with Crippen LogP contribution in [0, 0.1) is 6.92 Å². The summed E-state index contributed by atoms with van der Waals surface area (Å²) in [5.74, 6) is -0.668. The smallest absolute Gasteiger partial charge is 0.339 e. The molecule has 0 unspecified atom stereocenters. The number of hydrogen-bond acceptors (Lipinski definition) is 3. The zero-order chi connectivity index (χ0) is 12.4. The first-order valence-electron chi connectivity index (χ1n) is 5.04. The molecule has 0 aliphatic rings. The largest absolute Gasteiger partial charge is 0.496 e. The van der Waals surface area contributed by atoms with Crippen LogP contribution in [0.3, 0.4) is 0 Å². The van der Waals surface area contributed by atoms with Crippen molar-refractivity contribution in [2.24, 2.45) is 0 Å². The third-order valence-electron chi connectivity index (χ3n) is 2.42. The number of hydrogen-bond donors (Lipinski definition) is 1. The molecular formula is C12H12N2O3. The fourth-order valence-electron chi connectivity index (χ4n) is 1.59. The molecule has 5 heteroatoms. The van der Waals surface area contributed by atoms with E-state index >= 15 is 0 Å². The summed E-state index contributed by atoms with van der Waals surface area (Å²) in [4.78, 5) is 15.2. The number of aryl methyl sites for hydroxylation is 1. The fourth-order valence-corrected chi connectivity index (χ4v) is 1.59. The van der Waals surface area contributed by atoms with Crippen LogP contribution in [0.15, 0.2) is 30.7 Å². The summed E-state index contributed by atoms with van der Waals surface area (Å²) in [6, 6.07) is 4.97. The first kappa shape index (κ1) is 11.2. The second kappa shape index (κ2) is 4.29. The van der Waals surface area contributed by atoms with Crippen LogP contribution < -0.4 is 4.74 Å². The van der Waals surface area contributed by atoms with Gasteiger partial charge in [-0.05, 0) is 25.1 Å². The zero-order valence-electron chi connectivity index (χ0n) is 9.54. The second-order valence-electron chi connectivity index (χ2n) is 3.61. The van der Waals surface area contributed by atoms with Crippen molar-refractivity contribution >= 4 is 5.97 Å². The molecule has 0 saturated carbocycles. The van der Waals surface area contributed by atoms with Crippen molar-refractivity contribution in [3.05, 3.63) is 42.0 Å². The molecule has 1 aromatic carbocycles. The number of methoxy groups -OCH3 is 1. The predicted octanol–water partition coefficient (Wildman–Crippen LogP) is 1.89. The fraction of sp³-hybridized carbons (Fsp3) is 0.167. The number of carboxylic acid groups (broad SMARTS) is 1. The summed E-state index contributed by atoms with van der Waals surface area (Å²) in [6.45, 7) is 1.87. The molecule has 5 nitrogen and oxygen atoms in total. The van der Waals surface area contributed by atoms with Crippen molar-refractivity contribution in [3.8, 4) is 11.4 Å². The van der Waals surface area contributed by atoms with Crippen LogP contribution in [-0.4, -0.2) is 27.7 Å². The van der Waals surface area contributed by atoms with Gasteiger partial charge in [0.1, 0.15) is 11.3 Å². The molecule has 0 amide bonds. The van der Waals surface area contributed by atoms with Crippen LogP contribution in [0.2, 0.25) is 0 Å². The second-order valence-corrected chi connectivity index (χ2v) is 3.61. The van der Waals surface area contributed by atoms with Crippen molar-refractivity contribution in [1.82, 2.24) is 9.55 Å². The lowest BCUT2D eigenvalue weighted by atomic mass is 10.2. The Morgan fingerprint density at radius 3 is 2.76 bits per heavy atom. The van der Waals surface area contributed by atoms with Crippen LogP contribution in [0.1, 0.15) is 16.1 Å². The van der Waals surface area contributed by atoms with Crippen molar-refractivity contribution in [2.75, 3.05) is 7.11 Å². The predicted molar refractivity (Wildman–Crippen MR) is 61.8 cm³/mol. The van der Waals surface area contributed by atoms with Gasteiger partial charge in [0.25, 0.3) is 0 Å². The van der Waals surface area contributed by atoms with Crippen molar-refractivity contribution in [3.63, 3.8) is 0 Å². The Morgan fingerprint density at radius 2 is 2.24 bits per heavy atom. The molecule has 0 radical (unpaired) electrons. The summed E-state index contributed by atoms with van der Waals surface area (Å²) in [7, 11) is 1.45. The van der Waals surface area contributed by atoms with E-state index in [1.54, 1.807) is 29.1 Å². The first-order valence-corrected chi connectivity index (χ1v) is 5.04. The highest BCUT2D eigenvalue weighted by atomic mass is 16.5. The number of benzene rings is 1. The minimum atomic E-state index is -1.01. The molecule has 0 fully saturated rings. The Hall–Kier alpha value is -2.30. The third kappa shape index (κ3) is 2.13. The number of imidazole rings is 1. The average Bonchev–Trinajstić information content (AvgIpc) is 2.75. The number of rotatable bonds is 3. The molecule has 0 atom stereocenters. The van der Waals surface area contributed by atoms with Crippen LogP contribution in [-0.2, 0) is 0 Å². The number of aromatic nitrogens is 2. The normalized spacial score (nSPS) is 10.2. The van der Waals surface area contributed by atoms with E-state index in [0.717, 1.165) is 11.4 Å². The zero-order valence-corrected chi connectivity index (χ0v) is 9.54. The van der Waals surface area contributed by atoms with Gasteiger partial charge >= 0.3 is 5.97 Å². The lowest BCUT2D eigenvalue weighted by Crippen LogP contribution is -2.02. The van der Waals surface area contributed by atoms with Gasteiger partial charge in [0, 0.05) is 11.9 Å². The average molecular weight is 232 g/mol. The Bertz CT molecular complexity index is 561. The van der Waals surface area contributed by atoms with E-state index in [0.29, 0.717) is 5.75 Å². The first-order chi connectivity index (χ1) is 8.11. The van der Waals surface area contributed by atoms with Crippen molar-refractivity contribution < 1.29 is 14.6 Å². The Labute approximate surface area is 98.3 Å². The SMILES string of the molecule is COc1ccc(-n2cnc(C)c2)cc1C(=O)O. The number of carbonyl (C=O) groups is 1. The number of ether oxygens (including phenoxy) is 1. The highest BCUT2D eigenvalue weighted by molar-refractivity contribution is 5.91. The lowest BCUT2D eigenvalue weighted by molar-refractivity contribution is 0.0693. The van der Waals surface area contributed by atoms with Gasteiger partial charge in [-0.3, -0.25) is 0 Å². The molecule has 0 saturated heterocycles. The molecule has 17 heavy (non-hydrogen) atoms. The van der Waals surface area contributed by atoms with Crippen molar-refractivity contribution in [1.29, 1.82) is 0 Å². The van der Waals surface area contributed by atoms with E-state index in [2.05, 4.69) is 4.98 Å². The maximum absolute atomic E-state index is 11.1. The molecule has 1 aromatic heterocycles. The van der Waals surface area contributed by atoms with Gasteiger partial charge in [-0.2, -0.15) is 0 Å². The van der Waals surface area contributed by atoms with E-state index in [1.807, 2.05) is 13.1 Å². The summed E-state index contributed by atoms with van der Waals surface area (Å²) in [5, 5.41) is 9.07. The maximum atomic E-state index is 11.1. The van der Waals surface area contributed by atoms with Gasteiger partial charge in [-0.25, -0.2) is 9.78 Å². The monoisotopic (exact) mass is 232 g/mol. The van der Waals surface area contributed by atoms with E-state index in [9.17, 15) is 4.79 Å². The van der Waals surface area contributed by atoms with E-state index in [1.165, 1.54) is 7.11 Å². The quantitative estimate of drug-likeness (QED) is 0.877. The molecular weight excluding hydrogens is 220 g/mol. The molecule has 0 spiro atoms. The van der Waals surface area contributed by atoms with Gasteiger partial charge in [0.05, 0.1) is 19.1 Å². The minimum absolute atomic E-state index is 0.136. The molecule has 2 aromatic rings. The molecule has 0 bridgehead atoms. The van der Waals surface area contributed by atoms with Gasteiger partial charge < -0.3 is 14.4 Å². The number of carboxylic acids is 1. The Morgan fingerprint density at radius 1 is 1.47 bits per heavy atom. The molecule has 2 rings (SSSR count). The van der Waals surface area contributed by atoms with E-state index < -0.39 is 5.97 Å². The Balaban J connectivity index is 2.50. The summed E-state index contributed by atoms with van der Waals surface area (Å²) < 4.78 is 6.76. The van der Waals surface area contributed by atoms with Crippen molar-refractivity contribution in [2.45, 2.75) is 6.92 Å². The molecule has 1 N–H and O–H groups in total. The van der Waals surface area contributed by atoms with Crippen LogP contribution in [0.4, 0.5) is 0 Å². The molecule has 0 aliphatic carbocycles. The van der Waals surface area contributed by atoms with Gasteiger partial charge in [-0.15, -0.1) is 0 Å². The van der Waals surface area contributed by atoms with E-state index in [4.69, 9.17) is 9.84 Å². The molecule has 1 heterocycles. The summed E-state index contributed by atoms with van der Waals surface area (Å²) in [6.07, 6.45) is 3.47. The number of aromatic carboxylic acids is 1. The van der Waals surface area contributed by atoms with Gasteiger partial charge in [-0.1, -0.05) is 0 Å². The summed E-state index contributed by atoms with van der Waals surface area (Å²) in [5.41, 5.74) is 1.75. The van der Waals surface area contributed by atoms with Crippen LogP contribution >= 0.6 is 0 Å². The lowest BCUT2D eigenvalue weighted by Gasteiger charge is -2.07. The van der Waals surface area contributed by atoms with Gasteiger partial charge in [0.15, 0.2) is 0 Å². The van der Waals surface area contributed by atoms with Crippen LogP contribution in [0.25, 0.3) is 5.69 Å². The molecule has 0 aliphatic heterocycles. The summed E-state index contributed by atoms with van der Waals surface area (Å²) >= 11 is 0. The number of nitrogens with zero attached hydrogens (tertiary/aromatic N) is 2. The third-order valence-corrected chi connectivity index (χ3v) is 2.42. The van der Waals surface area contributed by atoms with Gasteiger partial charge in [0.2, 0.25) is 0 Å². The standard InChI is InChI=1S/C12H12N2O3/c1-8-6-14(7-13-8)9-3-4-11(17-2)10(5-9)12(15)16/h3-7H,1-2H3,(H,15,16). The van der Waals surface area contributed by atoms with Crippen LogP contribution in [0.5, 0.6) is 5.75 Å². The minimum Gasteiger partial charge on any atom is -0.496 e. The van der Waals surface area contributed by atoms with E-state index in [-0.39, 0.29) is 5.56 Å². The molecule has 88 valence electrons. The maximum Gasteiger partial charge on any atom is 0.339 e. The Kier molecular flexibility index (Phi) is 2.82. The topological polar surface area (TPSA) is 64.4 Å². The highest BCUT2D eigenvalue weighted by Crippen LogP contribution is 2.22.